The molecule has 1 aromatic heterocycles. The van der Waals surface area contributed by atoms with Crippen LogP contribution in [-0.2, 0) is 0 Å². The lowest BCUT2D eigenvalue weighted by atomic mass is 9.87. The van der Waals surface area contributed by atoms with E-state index in [9.17, 15) is 0 Å². The molecule has 1 unspecified atom stereocenters. The Morgan fingerprint density at radius 2 is 1.92 bits per heavy atom. The van der Waals surface area contributed by atoms with Crippen LogP contribution in [0.5, 0.6) is 5.75 Å². The normalized spacial score (nSPS) is 16.7. The molecule has 1 N–H and O–H groups in total. The van der Waals surface area contributed by atoms with Crippen molar-refractivity contribution in [3.05, 3.63) is 71.2 Å². The summed E-state index contributed by atoms with van der Waals surface area (Å²) in [6.45, 7) is 10.3. The number of nitrogens with zero attached hydrogens (tertiary/aromatic N) is 1. The van der Waals surface area contributed by atoms with E-state index >= 15 is 0 Å². The predicted molar refractivity (Wildman–Crippen MR) is 106 cm³/mol. The molecule has 2 aromatic rings. The molecule has 3 nitrogen and oxygen atoms in total. The van der Waals surface area contributed by atoms with Gasteiger partial charge in [-0.15, -0.1) is 0 Å². The number of methoxy groups -OCH3 is 1. The fourth-order valence-corrected chi connectivity index (χ4v) is 2.96. The van der Waals surface area contributed by atoms with Crippen LogP contribution in [0.25, 0.3) is 11.3 Å². The molecule has 25 heavy (non-hydrogen) atoms. The summed E-state index contributed by atoms with van der Waals surface area (Å²) in [6.07, 6.45) is 2.58. The lowest BCUT2D eigenvalue weighted by Gasteiger charge is -2.29. The van der Waals surface area contributed by atoms with Gasteiger partial charge in [-0.25, -0.2) is 4.98 Å². The first kappa shape index (κ1) is 19.1. The van der Waals surface area contributed by atoms with Crippen LogP contribution in [0.15, 0.2) is 54.9 Å². The first-order chi connectivity index (χ1) is 12.1. The zero-order chi connectivity index (χ0) is 18.4. The Bertz CT molecular complexity index is 769. The molecule has 0 bridgehead atoms. The van der Waals surface area contributed by atoms with E-state index in [0.29, 0.717) is 16.7 Å². The van der Waals surface area contributed by atoms with Gasteiger partial charge < -0.3 is 10.1 Å². The minimum atomic E-state index is 0.353. The summed E-state index contributed by atoms with van der Waals surface area (Å²) in [5.74, 6) is 0.995. The second-order valence-corrected chi connectivity index (χ2v) is 6.09. The highest BCUT2D eigenvalue weighted by molar-refractivity contribution is 6.32. The third-order valence-electron chi connectivity index (χ3n) is 4.10. The van der Waals surface area contributed by atoms with Gasteiger partial charge in [-0.2, -0.15) is 0 Å². The van der Waals surface area contributed by atoms with E-state index in [4.69, 9.17) is 16.3 Å². The number of halogens is 1. The number of hydrogen-bond donors (Lipinski definition) is 1. The van der Waals surface area contributed by atoms with Crippen molar-refractivity contribution in [2.75, 3.05) is 7.11 Å². The molecule has 0 saturated heterocycles. The van der Waals surface area contributed by atoms with Crippen molar-refractivity contribution in [3.8, 4) is 5.75 Å². The first-order valence-electron chi connectivity index (χ1n) is 8.54. The van der Waals surface area contributed by atoms with Gasteiger partial charge in [0.05, 0.1) is 24.0 Å². The van der Waals surface area contributed by atoms with Crippen LogP contribution in [0, 0.1) is 5.92 Å². The maximum Gasteiger partial charge on any atom is 0.138 e. The Labute approximate surface area is 155 Å². The topological polar surface area (TPSA) is 34.2 Å². The lowest BCUT2D eigenvalue weighted by Crippen LogP contribution is -2.24. The minimum Gasteiger partial charge on any atom is -0.495 e. The summed E-state index contributed by atoms with van der Waals surface area (Å²) in [6, 6.07) is 12.1. The molecule has 2 heterocycles. The Morgan fingerprint density at radius 1 is 1.24 bits per heavy atom. The highest BCUT2D eigenvalue weighted by Crippen LogP contribution is 2.38. The predicted octanol–water partition coefficient (Wildman–Crippen LogP) is 5.78. The van der Waals surface area contributed by atoms with E-state index < -0.39 is 0 Å². The number of benzene rings is 1. The molecule has 0 aliphatic carbocycles. The number of nitrogens with one attached hydrogen (secondary N) is 1. The van der Waals surface area contributed by atoms with Crippen LogP contribution in [0.4, 0.5) is 0 Å². The zero-order valence-electron chi connectivity index (χ0n) is 15.3. The van der Waals surface area contributed by atoms with Crippen molar-refractivity contribution in [1.29, 1.82) is 0 Å². The van der Waals surface area contributed by atoms with Crippen LogP contribution < -0.4 is 10.1 Å². The van der Waals surface area contributed by atoms with E-state index in [1.165, 1.54) is 11.1 Å². The molecule has 1 atom stereocenters. The third-order valence-corrected chi connectivity index (χ3v) is 4.39. The fourth-order valence-electron chi connectivity index (χ4n) is 2.71. The van der Waals surface area contributed by atoms with Crippen molar-refractivity contribution in [3.63, 3.8) is 0 Å². The number of rotatable bonds is 3. The SMILES string of the molecule is C=C1NC(c2ncc(OC)cc2Cl)=C(c2ccccc2)CC1C.CC. The second kappa shape index (κ2) is 8.72. The maximum absolute atomic E-state index is 6.43. The summed E-state index contributed by atoms with van der Waals surface area (Å²) in [5.41, 5.74) is 4.99. The van der Waals surface area contributed by atoms with Crippen LogP contribution in [0.1, 0.15) is 38.4 Å². The molecular weight excluding hydrogens is 332 g/mol. The minimum absolute atomic E-state index is 0.353. The number of ether oxygens (including phenoxy) is 1. The zero-order valence-corrected chi connectivity index (χ0v) is 16.0. The summed E-state index contributed by atoms with van der Waals surface area (Å²) in [4.78, 5) is 4.49. The molecule has 3 rings (SSSR count). The van der Waals surface area contributed by atoms with Crippen LogP contribution in [-0.4, -0.2) is 12.1 Å². The van der Waals surface area contributed by atoms with Crippen molar-refractivity contribution in [2.24, 2.45) is 5.92 Å². The smallest absolute Gasteiger partial charge is 0.138 e. The van der Waals surface area contributed by atoms with E-state index in [1.807, 2.05) is 32.0 Å². The Hall–Kier alpha value is -2.26. The van der Waals surface area contributed by atoms with Gasteiger partial charge in [0.1, 0.15) is 11.4 Å². The molecule has 1 aromatic carbocycles. The quantitative estimate of drug-likeness (QED) is 0.756. The van der Waals surface area contributed by atoms with E-state index in [1.54, 1.807) is 19.4 Å². The molecule has 1 aliphatic heterocycles. The molecule has 4 heteroatoms. The summed E-state index contributed by atoms with van der Waals surface area (Å²) >= 11 is 6.43. The highest BCUT2D eigenvalue weighted by atomic mass is 35.5. The molecule has 0 saturated carbocycles. The summed E-state index contributed by atoms with van der Waals surface area (Å²) in [7, 11) is 1.60. The van der Waals surface area contributed by atoms with Gasteiger partial charge in [-0.1, -0.05) is 69.3 Å². The van der Waals surface area contributed by atoms with Crippen LogP contribution in [0.3, 0.4) is 0 Å². The Balaban J connectivity index is 0.00000109. The molecule has 0 fully saturated rings. The molecular formula is C21H25ClN2O. The average molecular weight is 357 g/mol. The number of pyridine rings is 1. The monoisotopic (exact) mass is 356 g/mol. The molecule has 132 valence electrons. The van der Waals surface area contributed by atoms with Crippen LogP contribution in [0.2, 0.25) is 5.02 Å². The number of hydrogen-bond acceptors (Lipinski definition) is 3. The average Bonchev–Trinajstić information content (AvgIpc) is 2.66. The van der Waals surface area contributed by atoms with Crippen LogP contribution >= 0.6 is 11.6 Å². The maximum atomic E-state index is 6.43. The van der Waals surface area contributed by atoms with Gasteiger partial charge >= 0.3 is 0 Å². The molecule has 1 aliphatic rings. The molecule has 0 radical (unpaired) electrons. The van der Waals surface area contributed by atoms with E-state index in [0.717, 1.165) is 23.5 Å². The first-order valence-corrected chi connectivity index (χ1v) is 8.92. The van der Waals surface area contributed by atoms with Gasteiger partial charge in [0.25, 0.3) is 0 Å². The Morgan fingerprint density at radius 3 is 2.52 bits per heavy atom. The van der Waals surface area contributed by atoms with Gasteiger partial charge in [0.2, 0.25) is 0 Å². The van der Waals surface area contributed by atoms with E-state index in [-0.39, 0.29) is 0 Å². The third kappa shape index (κ3) is 4.23. The summed E-state index contributed by atoms with van der Waals surface area (Å²) < 4.78 is 5.19. The lowest BCUT2D eigenvalue weighted by molar-refractivity contribution is 0.413. The van der Waals surface area contributed by atoms with Gasteiger partial charge in [-0.3, -0.25) is 0 Å². The van der Waals surface area contributed by atoms with E-state index in [2.05, 4.69) is 35.9 Å². The van der Waals surface area contributed by atoms with Gasteiger partial charge in [0.15, 0.2) is 0 Å². The Kier molecular flexibility index (Phi) is 6.65. The number of aromatic nitrogens is 1. The summed E-state index contributed by atoms with van der Waals surface area (Å²) in [5, 5.41) is 3.96. The van der Waals surface area contributed by atoms with Gasteiger partial charge in [0, 0.05) is 11.8 Å². The second-order valence-electron chi connectivity index (χ2n) is 5.68. The molecule has 0 amide bonds. The molecule has 0 spiro atoms. The van der Waals surface area contributed by atoms with Gasteiger partial charge in [-0.05, 0) is 23.5 Å². The van der Waals surface area contributed by atoms with Crippen molar-refractivity contribution in [2.45, 2.75) is 27.2 Å². The van der Waals surface area contributed by atoms with Crippen molar-refractivity contribution in [1.82, 2.24) is 10.3 Å². The largest absolute Gasteiger partial charge is 0.495 e. The highest BCUT2D eigenvalue weighted by Gasteiger charge is 2.24. The number of allylic oxidation sites excluding steroid dienone is 2. The standard InChI is InChI=1S/C19H19ClN2O.C2H6/c1-12-9-16(14-7-5-4-6-8-14)18(22-13(12)2)19-17(20)10-15(23-3)11-21-19;1-2/h4-8,10-12,22H,2,9H2,1,3H3;1-2H3. The van der Waals surface area contributed by atoms with Crippen molar-refractivity contribution >= 4 is 22.9 Å². The fraction of sp³-hybridized carbons (Fsp3) is 0.286. The van der Waals surface area contributed by atoms with Crippen molar-refractivity contribution < 1.29 is 4.74 Å².